The normalized spacial score (nSPS) is 12.3. The van der Waals surface area contributed by atoms with E-state index in [0.717, 1.165) is 0 Å². The van der Waals surface area contributed by atoms with Crippen molar-refractivity contribution < 1.29 is 19.4 Å². The van der Waals surface area contributed by atoms with Crippen molar-refractivity contribution in [2.75, 3.05) is 14.2 Å². The highest BCUT2D eigenvalue weighted by Crippen LogP contribution is 2.45. The summed E-state index contributed by atoms with van der Waals surface area (Å²) in [6.45, 7) is 4.36. The van der Waals surface area contributed by atoms with Crippen LogP contribution >= 0.6 is 0 Å². The molecule has 0 fully saturated rings. The second-order valence-electron chi connectivity index (χ2n) is 4.29. The molecular weight excluding hydrogens is 258 g/mol. The van der Waals surface area contributed by atoms with Crippen molar-refractivity contribution in [3.8, 4) is 17.2 Å². The van der Waals surface area contributed by atoms with Gasteiger partial charge in [0.2, 0.25) is 5.75 Å². The van der Waals surface area contributed by atoms with Crippen LogP contribution in [0.15, 0.2) is 11.1 Å². The summed E-state index contributed by atoms with van der Waals surface area (Å²) in [5.41, 5.74) is 0.603. The van der Waals surface area contributed by atoms with E-state index < -0.39 is 0 Å². The Morgan fingerprint density at radius 2 is 1.90 bits per heavy atom. The zero-order valence-corrected chi connectivity index (χ0v) is 12.4. The number of fused-ring (bicyclic) bond motifs is 1. The molecule has 2 rings (SSSR count). The van der Waals surface area contributed by atoms with Gasteiger partial charge in [-0.1, -0.05) is 26.7 Å². The summed E-state index contributed by atoms with van der Waals surface area (Å²) in [4.78, 5) is 15.7. The molecule has 1 heterocycles. The van der Waals surface area contributed by atoms with Crippen LogP contribution in [0.2, 0.25) is 0 Å². The first-order valence-corrected chi connectivity index (χ1v) is 6.64. The second kappa shape index (κ2) is 7.53. The molecule has 0 saturated heterocycles. The molecule has 0 aliphatic carbocycles. The van der Waals surface area contributed by atoms with Crippen LogP contribution in [0.4, 0.5) is 5.69 Å². The number of benzene rings is 1. The van der Waals surface area contributed by atoms with E-state index in [9.17, 15) is 9.90 Å². The highest BCUT2D eigenvalue weighted by atomic mass is 16.5. The van der Waals surface area contributed by atoms with E-state index in [1.54, 1.807) is 6.07 Å². The fraction of sp³-hybridized carbons (Fsp3) is 0.467. The number of unbranched alkanes of at least 4 members (excludes halogenated alkanes) is 1. The second-order valence-corrected chi connectivity index (χ2v) is 4.29. The van der Waals surface area contributed by atoms with Gasteiger partial charge < -0.3 is 14.6 Å². The molecule has 0 amide bonds. The van der Waals surface area contributed by atoms with Gasteiger partial charge in [-0.05, 0) is 0 Å². The number of carbonyl (C=O) groups excluding carboxylic acids is 1. The van der Waals surface area contributed by atoms with Gasteiger partial charge in [-0.2, -0.15) is 0 Å². The molecule has 1 aromatic rings. The predicted molar refractivity (Wildman–Crippen MR) is 78.9 cm³/mol. The quantitative estimate of drug-likeness (QED) is 0.919. The van der Waals surface area contributed by atoms with Gasteiger partial charge in [0.1, 0.15) is 0 Å². The molecular formula is C15H21NO4. The highest BCUT2D eigenvalue weighted by Gasteiger charge is 2.25. The summed E-state index contributed by atoms with van der Waals surface area (Å²) >= 11 is 0. The van der Waals surface area contributed by atoms with Crippen molar-refractivity contribution in [3.05, 3.63) is 11.6 Å². The molecule has 0 bridgehead atoms. The van der Waals surface area contributed by atoms with E-state index in [1.807, 2.05) is 0 Å². The van der Waals surface area contributed by atoms with Crippen LogP contribution in [0.5, 0.6) is 17.2 Å². The van der Waals surface area contributed by atoms with Crippen LogP contribution in [-0.2, 0) is 0 Å². The minimum absolute atomic E-state index is 0.159. The number of nitrogens with zero attached hydrogens (tertiary/aromatic N) is 1. The largest absolute Gasteiger partial charge is 0.504 e. The topological polar surface area (TPSA) is 68.1 Å². The smallest absolute Gasteiger partial charge is 0.203 e. The molecule has 1 N–H and O–H groups in total. The number of ketones is 1. The van der Waals surface area contributed by atoms with Crippen LogP contribution in [0, 0.1) is 0 Å². The van der Waals surface area contributed by atoms with E-state index in [4.69, 9.17) is 9.47 Å². The minimum atomic E-state index is -0.210. The Labute approximate surface area is 119 Å². The van der Waals surface area contributed by atoms with Gasteiger partial charge in [0.15, 0.2) is 17.3 Å². The number of hydrogen-bond acceptors (Lipinski definition) is 5. The first kappa shape index (κ1) is 16.0. The Bertz CT molecular complexity index is 507. The Kier molecular flexibility index (Phi) is 6.03. The number of ether oxygens (including phenoxy) is 2. The molecule has 1 aromatic carbocycles. The molecule has 0 spiro atoms. The molecule has 5 heteroatoms. The number of rotatable bonds is 3. The first-order chi connectivity index (χ1) is 9.60. The maximum atomic E-state index is 11.6. The van der Waals surface area contributed by atoms with Crippen LogP contribution in [-0.4, -0.2) is 31.3 Å². The lowest BCUT2D eigenvalue weighted by atomic mass is 10.0. The Balaban J connectivity index is 0.000000444. The number of carbonyl (C=O) groups is 1. The van der Waals surface area contributed by atoms with Gasteiger partial charge in [0, 0.05) is 18.7 Å². The van der Waals surface area contributed by atoms with E-state index in [0.29, 0.717) is 11.4 Å². The Morgan fingerprint density at radius 1 is 1.25 bits per heavy atom. The van der Waals surface area contributed by atoms with Gasteiger partial charge in [0.05, 0.1) is 25.5 Å². The Morgan fingerprint density at radius 3 is 2.40 bits per heavy atom. The molecule has 1 aliphatic rings. The third-order valence-corrected chi connectivity index (χ3v) is 2.91. The van der Waals surface area contributed by atoms with Crippen molar-refractivity contribution in [2.45, 2.75) is 33.1 Å². The van der Waals surface area contributed by atoms with E-state index in [-0.39, 0.29) is 29.3 Å². The predicted octanol–water partition coefficient (Wildman–Crippen LogP) is 3.50. The summed E-state index contributed by atoms with van der Waals surface area (Å²) in [6.07, 6.45) is 4.34. The Hall–Kier alpha value is -2.04. The maximum absolute atomic E-state index is 11.6. The molecule has 110 valence electrons. The number of phenolic OH excluding ortho intramolecular Hbond substituents is 1. The van der Waals surface area contributed by atoms with Gasteiger partial charge in [-0.3, -0.25) is 9.79 Å². The average Bonchev–Trinajstić information content (AvgIpc) is 2.47. The number of methoxy groups -OCH3 is 2. The molecule has 0 unspecified atom stereocenters. The SMILES string of the molecule is CCCC.COc1cc2c(c(O)c1OC)C(=O)CC=N2. The molecule has 0 aromatic heterocycles. The zero-order chi connectivity index (χ0) is 15.1. The first-order valence-electron chi connectivity index (χ1n) is 6.64. The molecule has 20 heavy (non-hydrogen) atoms. The van der Waals surface area contributed by atoms with Crippen LogP contribution in [0.1, 0.15) is 43.5 Å². The van der Waals surface area contributed by atoms with Crippen molar-refractivity contribution in [2.24, 2.45) is 4.99 Å². The van der Waals surface area contributed by atoms with Crippen molar-refractivity contribution in [1.29, 1.82) is 0 Å². The molecule has 0 radical (unpaired) electrons. The lowest BCUT2D eigenvalue weighted by molar-refractivity contribution is 0.0997. The molecule has 5 nitrogen and oxygen atoms in total. The van der Waals surface area contributed by atoms with Crippen LogP contribution in [0.3, 0.4) is 0 Å². The molecule has 0 atom stereocenters. The third-order valence-electron chi connectivity index (χ3n) is 2.91. The van der Waals surface area contributed by atoms with Gasteiger partial charge >= 0.3 is 0 Å². The number of phenols is 1. The van der Waals surface area contributed by atoms with Crippen molar-refractivity contribution in [1.82, 2.24) is 0 Å². The van der Waals surface area contributed by atoms with Crippen LogP contribution in [0.25, 0.3) is 0 Å². The summed E-state index contributed by atoms with van der Waals surface area (Å²) < 4.78 is 10.1. The number of aliphatic imine (C=N–C) groups is 1. The van der Waals surface area contributed by atoms with E-state index in [1.165, 1.54) is 33.3 Å². The lowest BCUT2D eigenvalue weighted by Crippen LogP contribution is -2.06. The van der Waals surface area contributed by atoms with Crippen molar-refractivity contribution in [3.63, 3.8) is 0 Å². The highest BCUT2D eigenvalue weighted by molar-refractivity contribution is 6.12. The van der Waals surface area contributed by atoms with Gasteiger partial charge in [-0.25, -0.2) is 0 Å². The number of Topliss-reactive ketones (excluding diaryl/α,β-unsaturated/α-hetero) is 1. The van der Waals surface area contributed by atoms with Crippen molar-refractivity contribution >= 4 is 17.7 Å². The number of hydrogen-bond donors (Lipinski definition) is 1. The van der Waals surface area contributed by atoms with Crippen LogP contribution < -0.4 is 9.47 Å². The minimum Gasteiger partial charge on any atom is -0.504 e. The van der Waals surface area contributed by atoms with Gasteiger partial charge in [-0.15, -0.1) is 0 Å². The standard InChI is InChI=1S/C11H11NO4.C4H10/c1-15-8-5-6-9(7(13)3-4-12-6)10(14)11(8)16-2;1-3-4-2/h4-5,14H,3H2,1-2H3;3-4H2,1-2H3. The third kappa shape index (κ3) is 3.29. The summed E-state index contributed by atoms with van der Waals surface area (Å²) in [7, 11) is 2.86. The van der Waals surface area contributed by atoms with E-state index in [2.05, 4.69) is 18.8 Å². The van der Waals surface area contributed by atoms with E-state index >= 15 is 0 Å². The van der Waals surface area contributed by atoms with Gasteiger partial charge in [0.25, 0.3) is 0 Å². The zero-order valence-electron chi connectivity index (χ0n) is 12.4. The average molecular weight is 279 g/mol. The summed E-state index contributed by atoms with van der Waals surface area (Å²) in [6, 6.07) is 1.57. The maximum Gasteiger partial charge on any atom is 0.203 e. The molecule has 1 aliphatic heterocycles. The summed E-state index contributed by atoms with van der Waals surface area (Å²) in [5, 5.41) is 9.92. The summed E-state index contributed by atoms with van der Waals surface area (Å²) in [5.74, 6) is 0.124. The lowest BCUT2D eigenvalue weighted by Gasteiger charge is -2.16. The molecule has 0 saturated carbocycles. The monoisotopic (exact) mass is 279 g/mol. The fourth-order valence-corrected chi connectivity index (χ4v) is 1.67. The number of aromatic hydroxyl groups is 1. The fourth-order valence-electron chi connectivity index (χ4n) is 1.67.